The number of para-hydroxylation sites is 7. The molecule has 9 aromatic heterocycles. The van der Waals surface area contributed by atoms with Gasteiger partial charge in [0.2, 0.25) is 0 Å². The Kier molecular flexibility index (Phi) is 19.7. The largest absolute Gasteiger partial charge is 0.455 e. The van der Waals surface area contributed by atoms with Gasteiger partial charge in [-0.15, -0.1) is 0 Å². The molecule has 0 atom stereocenters. The van der Waals surface area contributed by atoms with E-state index >= 15 is 0 Å². The van der Waals surface area contributed by atoms with E-state index in [1.54, 1.807) is 0 Å². The Balaban J connectivity index is 0.000000106. The smallest absolute Gasteiger partial charge is 0.161 e. The van der Waals surface area contributed by atoms with Gasteiger partial charge >= 0.3 is 0 Å². The highest BCUT2D eigenvalue weighted by Gasteiger charge is 2.27. The van der Waals surface area contributed by atoms with E-state index < -0.39 is 0 Å². The van der Waals surface area contributed by atoms with Crippen LogP contribution in [0.25, 0.3) is 293 Å². The molecule has 30 aromatic rings. The fourth-order valence-electron chi connectivity index (χ4n) is 21.7. The molecule has 0 amide bonds. The molecule has 0 aliphatic carbocycles. The van der Waals surface area contributed by atoms with E-state index in [4.69, 9.17) is 48.1 Å². The molecular formula is C133H80N8O3. The van der Waals surface area contributed by atoms with Crippen LogP contribution in [0, 0.1) is 0 Å². The van der Waals surface area contributed by atoms with E-state index in [0.29, 0.717) is 11.6 Å². The molecule has 0 radical (unpaired) electrons. The topological polar surface area (TPSA) is 135 Å². The van der Waals surface area contributed by atoms with Crippen LogP contribution in [-0.2, 0) is 0 Å². The molecule has 0 spiro atoms. The van der Waals surface area contributed by atoms with Gasteiger partial charge in [0.05, 0.1) is 67.1 Å². The fraction of sp³-hybridized carbons (Fsp3) is 0. The number of furan rings is 3. The minimum Gasteiger partial charge on any atom is -0.455 e. The SMILES string of the molecule is c1ccc(-c2ccc(-c3nc(-c4cccc5oc6c(ccc7c(-c8ccccc8)nc8ccccc8c76)c45)nc4ccccc34)cc2)cc1.c1ccc(-c2nc(-c3cccc4oc5c(ccc6c(-c7ccccc7)nc7ccccc7c65)c34)c3ccccc3n2)cc1.c1ccc(-c2nc3ccccc3c3c2ccc2c3oc3cccc(-c4ccc(-c5ccc6c7ccccc7n(-c7ccccc7)c6c5)cc4)c32)cc1. The number of aromatic nitrogens is 8. The molecule has 9 heterocycles. The highest BCUT2D eigenvalue weighted by atomic mass is 16.3. The number of nitrogens with zero attached hydrogens (tertiary/aromatic N) is 8. The van der Waals surface area contributed by atoms with Crippen LogP contribution in [0.5, 0.6) is 0 Å². The van der Waals surface area contributed by atoms with Crippen molar-refractivity contribution in [1.82, 2.24) is 39.5 Å². The predicted molar refractivity (Wildman–Crippen MR) is 594 cm³/mol. The average Bonchev–Trinajstić information content (AvgIpc) is 1.61. The van der Waals surface area contributed by atoms with E-state index in [9.17, 15) is 0 Å². The number of hydrogen-bond donors (Lipinski definition) is 0. The lowest BCUT2D eigenvalue weighted by molar-refractivity contribution is 0.672. The molecule has 11 nitrogen and oxygen atoms in total. The van der Waals surface area contributed by atoms with Gasteiger partial charge in [-0.25, -0.2) is 34.9 Å². The molecule has 0 saturated carbocycles. The summed E-state index contributed by atoms with van der Waals surface area (Å²) in [7, 11) is 0. The first-order valence-corrected chi connectivity index (χ1v) is 48.5. The Hall–Kier alpha value is -19.5. The highest BCUT2D eigenvalue weighted by Crippen LogP contribution is 2.50. The Morgan fingerprint density at radius 1 is 0.153 bits per heavy atom. The molecule has 0 bridgehead atoms. The predicted octanol–water partition coefficient (Wildman–Crippen LogP) is 35.5. The summed E-state index contributed by atoms with van der Waals surface area (Å²) in [4.78, 5) is 35.9. The van der Waals surface area contributed by atoms with Gasteiger partial charge in [-0.3, -0.25) is 0 Å². The summed E-state index contributed by atoms with van der Waals surface area (Å²) in [6.07, 6.45) is 0. The average molecular weight is 1840 g/mol. The van der Waals surface area contributed by atoms with Crippen LogP contribution in [0.2, 0.25) is 0 Å². The number of hydrogen-bond acceptors (Lipinski definition) is 10. The Morgan fingerprint density at radius 3 is 0.931 bits per heavy atom. The lowest BCUT2D eigenvalue weighted by Crippen LogP contribution is -1.95. The molecule has 30 rings (SSSR count). The third kappa shape index (κ3) is 13.9. The van der Waals surface area contributed by atoms with Gasteiger partial charge in [-0.1, -0.05) is 394 Å². The van der Waals surface area contributed by atoms with E-state index in [-0.39, 0.29) is 0 Å². The van der Waals surface area contributed by atoms with Crippen LogP contribution in [0.4, 0.5) is 0 Å². The van der Waals surface area contributed by atoms with Crippen molar-refractivity contribution in [3.05, 3.63) is 485 Å². The van der Waals surface area contributed by atoms with Crippen LogP contribution < -0.4 is 0 Å². The molecule has 144 heavy (non-hydrogen) atoms. The molecule has 0 fully saturated rings. The van der Waals surface area contributed by atoms with Gasteiger partial charge in [0, 0.05) is 147 Å². The highest BCUT2D eigenvalue weighted by molar-refractivity contribution is 6.30. The standard InChI is InChI=1S/C49H30N2O.C45H27N3O.C39H23N3O/c1-3-12-33(13-4-1)48-40-28-29-41-46-36(18-11-21-45(46)52-49(41)47(40)39-17-7-9-19-42(39)50-48)32-24-22-31(23-25-32)34-26-27-38-37-16-8-10-20-43(37)51(44(38)30-34)35-14-5-2-6-15-35;1-3-12-28(13-4-1)29-22-24-31(25-23-29)42-33-17-8-10-20-38(33)47-45(48-42)36-18-11-21-39-40(36)35-27-26-34-41(44(35)49-39)32-16-7-9-19-37(32)46-43(34)30-14-5-2-6-15-30;1-3-12-24(13-4-1)36-29-22-23-30-34-28(18-11-21-33(34)43-38(30)35(29)26-16-7-9-19-31(26)40-36)37-27-17-8-10-20-32(27)41-39(42-37)25-14-5-2-6-15-25/h1-30H;1-27H;1-23H. The van der Waals surface area contributed by atoms with Gasteiger partial charge in [0.1, 0.15) is 33.5 Å². The lowest BCUT2D eigenvalue weighted by atomic mass is 9.94. The Morgan fingerprint density at radius 2 is 0.451 bits per heavy atom. The van der Waals surface area contributed by atoms with Gasteiger partial charge in [-0.2, -0.15) is 0 Å². The first-order chi connectivity index (χ1) is 71.4. The summed E-state index contributed by atoms with van der Waals surface area (Å²) >= 11 is 0. The van der Waals surface area contributed by atoms with Crippen molar-refractivity contribution >= 4 is 174 Å². The first-order valence-electron chi connectivity index (χ1n) is 48.5. The minimum atomic E-state index is 0.666. The van der Waals surface area contributed by atoms with Gasteiger partial charge in [0.25, 0.3) is 0 Å². The van der Waals surface area contributed by atoms with Gasteiger partial charge in [0.15, 0.2) is 11.6 Å². The van der Waals surface area contributed by atoms with Crippen molar-refractivity contribution in [3.63, 3.8) is 0 Å². The van der Waals surface area contributed by atoms with E-state index in [1.807, 2.05) is 97.1 Å². The Labute approximate surface area is 824 Å². The van der Waals surface area contributed by atoms with Crippen LogP contribution >= 0.6 is 0 Å². The Bertz CT molecular complexity index is 10400. The summed E-state index contributed by atoms with van der Waals surface area (Å²) in [6.45, 7) is 0. The molecular weight excluding hydrogens is 1760 g/mol. The van der Waals surface area contributed by atoms with Crippen molar-refractivity contribution in [2.45, 2.75) is 0 Å². The molecule has 0 N–H and O–H groups in total. The van der Waals surface area contributed by atoms with Crippen LogP contribution in [0.15, 0.2) is 499 Å². The lowest BCUT2D eigenvalue weighted by Gasteiger charge is -2.11. The molecule has 0 unspecified atom stereocenters. The second-order valence-electron chi connectivity index (χ2n) is 36.6. The van der Waals surface area contributed by atoms with Crippen molar-refractivity contribution in [2.24, 2.45) is 0 Å². The molecule has 0 saturated heterocycles. The zero-order chi connectivity index (χ0) is 94.8. The summed E-state index contributed by atoms with van der Waals surface area (Å²) in [5, 5.41) is 20.6. The summed E-state index contributed by atoms with van der Waals surface area (Å²) in [5.41, 5.74) is 32.2. The molecule has 11 heteroatoms. The third-order valence-corrected chi connectivity index (χ3v) is 28.3. The van der Waals surface area contributed by atoms with E-state index in [2.05, 4.69) is 393 Å². The second kappa shape index (κ2) is 34.3. The summed E-state index contributed by atoms with van der Waals surface area (Å²) in [5.74, 6) is 1.37. The summed E-state index contributed by atoms with van der Waals surface area (Å²) in [6, 6.07) is 169. The van der Waals surface area contributed by atoms with Crippen molar-refractivity contribution in [3.8, 4) is 118 Å². The maximum Gasteiger partial charge on any atom is 0.161 e. The van der Waals surface area contributed by atoms with Gasteiger partial charge in [-0.05, 0) is 124 Å². The van der Waals surface area contributed by atoms with Gasteiger partial charge < -0.3 is 17.8 Å². The molecule has 670 valence electrons. The third-order valence-electron chi connectivity index (χ3n) is 28.3. The number of benzene rings is 21. The number of fused-ring (bicyclic) bond motifs is 26. The summed E-state index contributed by atoms with van der Waals surface area (Å²) < 4.78 is 22.8. The van der Waals surface area contributed by atoms with Crippen LogP contribution in [-0.4, -0.2) is 39.5 Å². The van der Waals surface area contributed by atoms with Crippen molar-refractivity contribution < 1.29 is 13.3 Å². The zero-order valence-corrected chi connectivity index (χ0v) is 77.5. The van der Waals surface area contributed by atoms with Crippen LogP contribution in [0.1, 0.15) is 0 Å². The first kappa shape index (κ1) is 82.7. The maximum atomic E-state index is 6.80. The van der Waals surface area contributed by atoms with Crippen LogP contribution in [0.3, 0.4) is 0 Å². The molecule has 21 aromatic carbocycles. The minimum absolute atomic E-state index is 0.666. The van der Waals surface area contributed by atoms with Crippen molar-refractivity contribution in [2.75, 3.05) is 0 Å². The zero-order valence-electron chi connectivity index (χ0n) is 77.5. The monoisotopic (exact) mass is 1840 g/mol. The van der Waals surface area contributed by atoms with Crippen molar-refractivity contribution in [1.29, 1.82) is 0 Å². The molecule has 0 aliphatic heterocycles. The molecule has 0 aliphatic rings. The number of pyridine rings is 3. The van der Waals surface area contributed by atoms with E-state index in [1.165, 1.54) is 44.1 Å². The number of rotatable bonds is 11. The second-order valence-corrected chi connectivity index (χ2v) is 36.6. The fourth-order valence-corrected chi connectivity index (χ4v) is 21.7. The normalized spacial score (nSPS) is 11.8. The quantitative estimate of drug-likeness (QED) is 0.115. The van der Waals surface area contributed by atoms with E-state index in [0.717, 1.165) is 237 Å². The maximum absolute atomic E-state index is 6.80.